The van der Waals surface area contributed by atoms with Gasteiger partial charge in [0.05, 0.1) is 12.2 Å². The van der Waals surface area contributed by atoms with E-state index in [1.807, 2.05) is 36.4 Å². The summed E-state index contributed by atoms with van der Waals surface area (Å²) in [4.78, 5) is 19.7. The van der Waals surface area contributed by atoms with Gasteiger partial charge >= 0.3 is 0 Å². The fourth-order valence-electron chi connectivity index (χ4n) is 2.63. The fourth-order valence-corrected chi connectivity index (χ4v) is 3.49. The van der Waals surface area contributed by atoms with E-state index in [0.29, 0.717) is 38.5 Å². The number of ether oxygens (including phenoxy) is 2. The molecule has 136 valence electrons. The zero-order valence-electron chi connectivity index (χ0n) is 14.6. The largest absolute Gasteiger partial charge is 0.486 e. The number of hydrogen-bond acceptors (Lipinski definition) is 5. The van der Waals surface area contributed by atoms with Gasteiger partial charge in [-0.1, -0.05) is 12.1 Å². The van der Waals surface area contributed by atoms with Crippen molar-refractivity contribution in [2.24, 2.45) is 0 Å². The third kappa shape index (κ3) is 5.02. The second-order valence-corrected chi connectivity index (χ2v) is 6.96. The lowest BCUT2D eigenvalue weighted by Gasteiger charge is -2.21. The first-order valence-corrected chi connectivity index (χ1v) is 9.56. The SMILES string of the molecule is C=CCN(Cc1ccccn1)C(=O)CCSc1ccc2c(c1)OCCO2. The van der Waals surface area contributed by atoms with E-state index in [2.05, 4.69) is 11.6 Å². The molecule has 6 heteroatoms. The van der Waals surface area contributed by atoms with Crippen molar-refractivity contribution in [3.05, 3.63) is 60.9 Å². The van der Waals surface area contributed by atoms with Gasteiger partial charge in [0.15, 0.2) is 11.5 Å². The third-order valence-corrected chi connectivity index (χ3v) is 4.88. The van der Waals surface area contributed by atoms with Crippen LogP contribution in [0.15, 0.2) is 60.1 Å². The predicted octanol–water partition coefficient (Wildman–Crippen LogP) is 3.55. The molecule has 3 rings (SSSR count). The van der Waals surface area contributed by atoms with Crippen molar-refractivity contribution >= 4 is 17.7 Å². The zero-order valence-corrected chi connectivity index (χ0v) is 15.4. The summed E-state index contributed by atoms with van der Waals surface area (Å²) in [5, 5.41) is 0. The maximum absolute atomic E-state index is 12.6. The van der Waals surface area contributed by atoms with Crippen LogP contribution in [0, 0.1) is 0 Å². The first-order valence-electron chi connectivity index (χ1n) is 8.57. The molecular weight excluding hydrogens is 348 g/mol. The van der Waals surface area contributed by atoms with Crippen LogP contribution in [0.3, 0.4) is 0 Å². The Balaban J connectivity index is 1.52. The van der Waals surface area contributed by atoms with Crippen LogP contribution in [0.1, 0.15) is 12.1 Å². The highest BCUT2D eigenvalue weighted by molar-refractivity contribution is 7.99. The molecule has 0 N–H and O–H groups in total. The highest BCUT2D eigenvalue weighted by Crippen LogP contribution is 2.34. The van der Waals surface area contributed by atoms with Crippen LogP contribution in [0.25, 0.3) is 0 Å². The van der Waals surface area contributed by atoms with Crippen LogP contribution in [-0.4, -0.2) is 41.3 Å². The summed E-state index contributed by atoms with van der Waals surface area (Å²) in [6.07, 6.45) is 3.94. The van der Waals surface area contributed by atoms with Crippen LogP contribution in [0.5, 0.6) is 11.5 Å². The highest BCUT2D eigenvalue weighted by atomic mass is 32.2. The van der Waals surface area contributed by atoms with Gasteiger partial charge in [-0.05, 0) is 30.3 Å². The number of nitrogens with zero attached hydrogens (tertiary/aromatic N) is 2. The van der Waals surface area contributed by atoms with E-state index < -0.39 is 0 Å². The smallest absolute Gasteiger partial charge is 0.224 e. The molecule has 0 spiro atoms. The second-order valence-electron chi connectivity index (χ2n) is 5.79. The molecule has 2 aromatic rings. The van der Waals surface area contributed by atoms with E-state index in [1.54, 1.807) is 28.9 Å². The molecule has 0 unspecified atom stereocenters. The Hall–Kier alpha value is -2.47. The van der Waals surface area contributed by atoms with E-state index in [1.165, 1.54) is 0 Å². The average molecular weight is 370 g/mol. The lowest BCUT2D eigenvalue weighted by atomic mass is 10.3. The number of pyridine rings is 1. The average Bonchev–Trinajstić information content (AvgIpc) is 2.68. The molecule has 26 heavy (non-hydrogen) atoms. The van der Waals surface area contributed by atoms with Gasteiger partial charge in [-0.25, -0.2) is 0 Å². The Kier molecular flexibility index (Phi) is 6.55. The van der Waals surface area contributed by atoms with Gasteiger partial charge in [-0.2, -0.15) is 0 Å². The van der Waals surface area contributed by atoms with Crippen LogP contribution >= 0.6 is 11.8 Å². The van der Waals surface area contributed by atoms with Crippen molar-refractivity contribution in [3.63, 3.8) is 0 Å². The van der Waals surface area contributed by atoms with Gasteiger partial charge in [-0.15, -0.1) is 18.3 Å². The van der Waals surface area contributed by atoms with Gasteiger partial charge < -0.3 is 14.4 Å². The van der Waals surface area contributed by atoms with E-state index in [4.69, 9.17) is 9.47 Å². The summed E-state index contributed by atoms with van der Waals surface area (Å²) in [6.45, 7) is 5.93. The van der Waals surface area contributed by atoms with Crippen LogP contribution < -0.4 is 9.47 Å². The van der Waals surface area contributed by atoms with E-state index >= 15 is 0 Å². The number of rotatable bonds is 8. The monoisotopic (exact) mass is 370 g/mol. The zero-order chi connectivity index (χ0) is 18.2. The number of fused-ring (bicyclic) bond motifs is 1. The summed E-state index contributed by atoms with van der Waals surface area (Å²) in [7, 11) is 0. The van der Waals surface area contributed by atoms with E-state index in [0.717, 1.165) is 22.1 Å². The molecule has 0 atom stereocenters. The van der Waals surface area contributed by atoms with Crippen molar-refractivity contribution < 1.29 is 14.3 Å². The molecule has 1 aromatic carbocycles. The Morgan fingerprint density at radius 1 is 1.23 bits per heavy atom. The van der Waals surface area contributed by atoms with Crippen molar-refractivity contribution in [1.82, 2.24) is 9.88 Å². The summed E-state index contributed by atoms with van der Waals surface area (Å²) in [6, 6.07) is 11.6. The summed E-state index contributed by atoms with van der Waals surface area (Å²) in [5.74, 6) is 2.36. The number of thioether (sulfide) groups is 1. The minimum atomic E-state index is 0.0978. The minimum Gasteiger partial charge on any atom is -0.486 e. The molecule has 1 aliphatic rings. The van der Waals surface area contributed by atoms with E-state index in [9.17, 15) is 4.79 Å². The number of carbonyl (C=O) groups excluding carboxylic acids is 1. The summed E-state index contributed by atoms with van der Waals surface area (Å²) >= 11 is 1.64. The molecule has 0 aliphatic carbocycles. The Labute approximate surface area is 158 Å². The molecule has 0 fully saturated rings. The van der Waals surface area contributed by atoms with Gasteiger partial charge in [0.1, 0.15) is 13.2 Å². The maximum Gasteiger partial charge on any atom is 0.224 e. The van der Waals surface area contributed by atoms with Crippen molar-refractivity contribution in [1.29, 1.82) is 0 Å². The molecule has 0 saturated heterocycles. The van der Waals surface area contributed by atoms with Gasteiger partial charge in [0.25, 0.3) is 0 Å². The number of carbonyl (C=O) groups is 1. The molecule has 0 radical (unpaired) electrons. The minimum absolute atomic E-state index is 0.0978. The first kappa shape index (κ1) is 18.3. The number of hydrogen-bond donors (Lipinski definition) is 0. The molecule has 5 nitrogen and oxygen atoms in total. The fraction of sp³-hybridized carbons (Fsp3) is 0.300. The van der Waals surface area contributed by atoms with E-state index in [-0.39, 0.29) is 5.91 Å². The highest BCUT2D eigenvalue weighted by Gasteiger charge is 2.15. The standard InChI is InChI=1S/C20H22N2O3S/c1-2-10-22(15-16-5-3-4-9-21-16)20(23)8-13-26-17-6-7-18-19(14-17)25-12-11-24-18/h2-7,9,14H,1,8,10-13,15H2. The quantitative estimate of drug-likeness (QED) is 0.525. The molecule has 1 amide bonds. The normalized spacial score (nSPS) is 12.5. The Morgan fingerprint density at radius 2 is 2.08 bits per heavy atom. The first-order chi connectivity index (χ1) is 12.8. The second kappa shape index (κ2) is 9.29. The summed E-state index contributed by atoms with van der Waals surface area (Å²) < 4.78 is 11.1. The number of aromatic nitrogens is 1. The van der Waals surface area contributed by atoms with Gasteiger partial charge in [0, 0.05) is 29.8 Å². The van der Waals surface area contributed by atoms with Crippen LogP contribution in [0.2, 0.25) is 0 Å². The lowest BCUT2D eigenvalue weighted by Crippen LogP contribution is -2.31. The maximum atomic E-state index is 12.6. The molecule has 1 aromatic heterocycles. The Morgan fingerprint density at radius 3 is 2.85 bits per heavy atom. The predicted molar refractivity (Wildman–Crippen MR) is 103 cm³/mol. The molecule has 1 aliphatic heterocycles. The molecular formula is C20H22N2O3S. The Bertz CT molecular complexity index is 752. The molecule has 2 heterocycles. The van der Waals surface area contributed by atoms with Gasteiger partial charge in [0.2, 0.25) is 5.91 Å². The third-order valence-electron chi connectivity index (χ3n) is 3.88. The van der Waals surface area contributed by atoms with Crippen LogP contribution in [-0.2, 0) is 11.3 Å². The molecule has 0 bridgehead atoms. The van der Waals surface area contributed by atoms with Crippen LogP contribution in [0.4, 0.5) is 0 Å². The number of amides is 1. The van der Waals surface area contributed by atoms with Crippen molar-refractivity contribution in [3.8, 4) is 11.5 Å². The molecule has 0 saturated carbocycles. The number of benzene rings is 1. The summed E-state index contributed by atoms with van der Waals surface area (Å²) in [5.41, 5.74) is 0.877. The van der Waals surface area contributed by atoms with Crippen molar-refractivity contribution in [2.75, 3.05) is 25.5 Å². The topological polar surface area (TPSA) is 51.7 Å². The lowest BCUT2D eigenvalue weighted by molar-refractivity contribution is -0.130. The van der Waals surface area contributed by atoms with Gasteiger partial charge in [-0.3, -0.25) is 9.78 Å². The van der Waals surface area contributed by atoms with Crippen molar-refractivity contribution in [2.45, 2.75) is 17.9 Å².